The van der Waals surface area contributed by atoms with E-state index in [1.165, 1.54) is 44.1 Å². The van der Waals surface area contributed by atoms with Gasteiger partial charge in [0.1, 0.15) is 23.4 Å². The summed E-state index contributed by atoms with van der Waals surface area (Å²) < 4.78 is 4.23. The summed E-state index contributed by atoms with van der Waals surface area (Å²) in [5, 5.41) is 35.6. The highest BCUT2D eigenvalue weighted by molar-refractivity contribution is 7.10. The van der Waals surface area contributed by atoms with E-state index in [9.17, 15) is 10.5 Å². The van der Waals surface area contributed by atoms with Crippen LogP contribution in [0.3, 0.4) is 0 Å². The molecule has 0 atom stereocenters. The molecule has 9 heteroatoms. The Kier molecular flexibility index (Phi) is 12.7. The third-order valence-corrected chi connectivity index (χ3v) is 8.14. The van der Waals surface area contributed by atoms with Gasteiger partial charge >= 0.3 is 0 Å². The average molecular weight is 635 g/mol. The summed E-state index contributed by atoms with van der Waals surface area (Å²) in [4.78, 5) is 4.81. The molecule has 2 aromatic heterocycles. The Morgan fingerprint density at radius 3 is 2.13 bits per heavy atom. The topological polar surface area (TPSA) is 122 Å². The Morgan fingerprint density at radius 1 is 0.787 bits per heavy atom. The maximum Gasteiger partial charge on any atom is 0.176 e. The SMILES string of the molecule is C#CC#CC#Cc1ccc(Nc2nc(Nc3ccc(CCCCCCCC)cc3)c(N=Nc3snc(C)c3C#N)c(C)c2C#N)cc1. The number of azo groups is 1. The third-order valence-electron chi connectivity index (χ3n) is 7.31. The lowest BCUT2D eigenvalue weighted by Gasteiger charge is -2.16. The largest absolute Gasteiger partial charge is 0.339 e. The van der Waals surface area contributed by atoms with Crippen LogP contribution in [0, 0.1) is 72.5 Å². The first-order valence-electron chi connectivity index (χ1n) is 15.4. The molecule has 0 fully saturated rings. The van der Waals surface area contributed by atoms with E-state index in [1.54, 1.807) is 13.8 Å². The number of terminal acetylenes is 1. The van der Waals surface area contributed by atoms with Crippen LogP contribution in [0.25, 0.3) is 0 Å². The Balaban J connectivity index is 1.64. The quantitative estimate of drug-likeness (QED) is 0.0858. The van der Waals surface area contributed by atoms with Crippen molar-refractivity contribution in [2.75, 3.05) is 10.6 Å². The number of unbranched alkanes of at least 4 members (excludes halogenated alkanes) is 5. The van der Waals surface area contributed by atoms with Gasteiger partial charge in [0.2, 0.25) is 0 Å². The number of aromatic nitrogens is 2. The van der Waals surface area contributed by atoms with E-state index in [0.29, 0.717) is 50.4 Å². The van der Waals surface area contributed by atoms with Crippen LogP contribution >= 0.6 is 11.5 Å². The molecule has 0 unspecified atom stereocenters. The van der Waals surface area contributed by atoms with Crippen molar-refractivity contribution in [2.24, 2.45) is 10.2 Å². The van der Waals surface area contributed by atoms with Crippen molar-refractivity contribution in [1.82, 2.24) is 9.36 Å². The Bertz CT molecular complexity index is 1980. The van der Waals surface area contributed by atoms with Crippen molar-refractivity contribution in [1.29, 1.82) is 10.5 Å². The van der Waals surface area contributed by atoms with Gasteiger partial charge in [-0.3, -0.25) is 0 Å². The van der Waals surface area contributed by atoms with Crippen LogP contribution in [0.2, 0.25) is 0 Å². The number of nitrogens with one attached hydrogen (secondary N) is 2. The summed E-state index contributed by atoms with van der Waals surface area (Å²) >= 11 is 1.10. The summed E-state index contributed by atoms with van der Waals surface area (Å²) in [6.45, 7) is 5.79. The van der Waals surface area contributed by atoms with Gasteiger partial charge in [0.05, 0.1) is 11.3 Å². The van der Waals surface area contributed by atoms with Gasteiger partial charge in [0.25, 0.3) is 0 Å². The van der Waals surface area contributed by atoms with Crippen LogP contribution in [0.4, 0.5) is 33.7 Å². The van der Waals surface area contributed by atoms with Crippen molar-refractivity contribution in [3.8, 4) is 48.2 Å². The van der Waals surface area contributed by atoms with Gasteiger partial charge in [-0.1, -0.05) is 57.1 Å². The lowest BCUT2D eigenvalue weighted by molar-refractivity contribution is 0.607. The molecule has 0 spiro atoms. The summed E-state index contributed by atoms with van der Waals surface area (Å²) in [5.41, 5.74) is 5.81. The fourth-order valence-electron chi connectivity index (χ4n) is 4.73. The van der Waals surface area contributed by atoms with E-state index in [1.807, 2.05) is 36.4 Å². The average Bonchev–Trinajstić information content (AvgIpc) is 3.44. The summed E-state index contributed by atoms with van der Waals surface area (Å²) in [5.74, 6) is 13.7. The van der Waals surface area contributed by atoms with Crippen LogP contribution in [-0.4, -0.2) is 9.36 Å². The number of nitriles is 2. The van der Waals surface area contributed by atoms with Crippen LogP contribution in [-0.2, 0) is 6.42 Å². The molecule has 0 radical (unpaired) electrons. The zero-order valence-electron chi connectivity index (χ0n) is 26.7. The smallest absolute Gasteiger partial charge is 0.176 e. The second-order valence-electron chi connectivity index (χ2n) is 10.7. The highest BCUT2D eigenvalue weighted by atomic mass is 32.1. The molecule has 0 saturated heterocycles. The number of anilines is 4. The number of nitrogens with zero attached hydrogens (tertiary/aromatic N) is 6. The number of aryl methyl sites for hydroxylation is 2. The fraction of sp³-hybridized carbons (Fsp3) is 0.263. The van der Waals surface area contributed by atoms with Gasteiger partial charge in [-0.25, -0.2) is 4.98 Å². The molecule has 232 valence electrons. The normalized spacial score (nSPS) is 10.1. The van der Waals surface area contributed by atoms with Gasteiger partial charge < -0.3 is 10.6 Å². The molecular formula is C38H34N8S. The molecule has 47 heavy (non-hydrogen) atoms. The van der Waals surface area contributed by atoms with Gasteiger partial charge in [-0.15, -0.1) is 16.7 Å². The van der Waals surface area contributed by atoms with E-state index >= 15 is 0 Å². The maximum atomic E-state index is 10.2. The molecule has 2 heterocycles. The molecular weight excluding hydrogens is 601 g/mol. The molecule has 8 nitrogen and oxygen atoms in total. The first-order chi connectivity index (χ1) is 23.0. The first-order valence-corrected chi connectivity index (χ1v) is 16.2. The van der Waals surface area contributed by atoms with E-state index in [2.05, 4.69) is 86.0 Å². The van der Waals surface area contributed by atoms with E-state index < -0.39 is 0 Å². The van der Waals surface area contributed by atoms with E-state index in [0.717, 1.165) is 29.2 Å². The first kappa shape index (κ1) is 34.0. The number of benzene rings is 2. The van der Waals surface area contributed by atoms with E-state index in [4.69, 9.17) is 11.4 Å². The number of hydrogen-bond acceptors (Lipinski definition) is 9. The summed E-state index contributed by atoms with van der Waals surface area (Å²) in [7, 11) is 0. The molecule has 0 aliphatic heterocycles. The minimum Gasteiger partial charge on any atom is -0.339 e. The third kappa shape index (κ3) is 9.53. The minimum atomic E-state index is 0.313. The van der Waals surface area contributed by atoms with E-state index in [-0.39, 0.29) is 0 Å². The maximum absolute atomic E-state index is 10.2. The molecule has 4 aromatic rings. The van der Waals surface area contributed by atoms with Crippen molar-refractivity contribution in [3.63, 3.8) is 0 Å². The zero-order chi connectivity index (χ0) is 33.4. The second-order valence-corrected chi connectivity index (χ2v) is 11.5. The van der Waals surface area contributed by atoms with Crippen LogP contribution in [0.5, 0.6) is 0 Å². The Morgan fingerprint density at radius 2 is 1.45 bits per heavy atom. The predicted molar refractivity (Wildman–Crippen MR) is 189 cm³/mol. The molecule has 2 aromatic carbocycles. The Hall–Kier alpha value is -5.92. The molecule has 0 amide bonds. The van der Waals surface area contributed by atoms with Crippen molar-refractivity contribution < 1.29 is 0 Å². The minimum absolute atomic E-state index is 0.313. The molecule has 0 aliphatic carbocycles. The van der Waals surface area contributed by atoms with Crippen molar-refractivity contribution >= 4 is 45.2 Å². The molecule has 0 saturated carbocycles. The lowest BCUT2D eigenvalue weighted by Crippen LogP contribution is -2.04. The van der Waals surface area contributed by atoms with Crippen molar-refractivity contribution in [2.45, 2.75) is 65.7 Å². The highest BCUT2D eigenvalue weighted by Crippen LogP contribution is 2.38. The van der Waals surface area contributed by atoms with Gasteiger partial charge in [0.15, 0.2) is 16.6 Å². The van der Waals surface area contributed by atoms with Crippen LogP contribution in [0.1, 0.15) is 79.0 Å². The molecule has 0 bridgehead atoms. The molecule has 0 aliphatic rings. The monoisotopic (exact) mass is 634 g/mol. The van der Waals surface area contributed by atoms with Gasteiger partial charge in [-0.05, 0) is 104 Å². The summed E-state index contributed by atoms with van der Waals surface area (Å²) in [6.07, 6.45) is 13.7. The number of pyridine rings is 1. The van der Waals surface area contributed by atoms with Crippen LogP contribution < -0.4 is 10.6 Å². The summed E-state index contributed by atoms with van der Waals surface area (Å²) in [6, 6.07) is 20.0. The van der Waals surface area contributed by atoms with Gasteiger partial charge in [-0.2, -0.15) is 14.9 Å². The number of rotatable bonds is 13. The second kappa shape index (κ2) is 17.5. The zero-order valence-corrected chi connectivity index (χ0v) is 27.6. The fourth-order valence-corrected chi connectivity index (χ4v) is 5.40. The van der Waals surface area contributed by atoms with Crippen LogP contribution in [0.15, 0.2) is 58.8 Å². The number of hydrogen-bond donors (Lipinski definition) is 2. The lowest BCUT2D eigenvalue weighted by atomic mass is 10.0. The Labute approximate surface area is 281 Å². The van der Waals surface area contributed by atoms with Gasteiger partial charge in [0, 0.05) is 22.5 Å². The van der Waals surface area contributed by atoms with Crippen molar-refractivity contribution in [3.05, 3.63) is 82.0 Å². The molecule has 2 N–H and O–H groups in total. The molecule has 4 rings (SSSR count). The predicted octanol–water partition coefficient (Wildman–Crippen LogP) is 9.69. The standard InChI is InChI=1S/C38H34N8S/c1-5-7-9-11-12-14-16-30-19-23-32(24-20-30)42-37-35(44-45-38-34(26-40)28(4)46-47-38)27(3)33(25-39)36(43-37)41-31-21-17-29(18-22-31)15-13-10-8-6-2/h2,17-24H,5,7,9,11-12,14,16H2,1,3-4H3,(H2,41,42,43). The highest BCUT2D eigenvalue weighted by Gasteiger charge is 2.19.